The summed E-state index contributed by atoms with van der Waals surface area (Å²) in [7, 11) is 0. The number of rotatable bonds is 2. The molecule has 0 amide bonds. The van der Waals surface area contributed by atoms with Gasteiger partial charge in [-0.3, -0.25) is 4.98 Å². The van der Waals surface area contributed by atoms with Crippen LogP contribution in [0.15, 0.2) is 18.6 Å². The van der Waals surface area contributed by atoms with E-state index in [4.69, 9.17) is 9.47 Å². The molecule has 3 heterocycles. The zero-order valence-electron chi connectivity index (χ0n) is 11.1. The third kappa shape index (κ3) is 2.62. The van der Waals surface area contributed by atoms with E-state index in [0.717, 1.165) is 5.56 Å². The first-order chi connectivity index (χ1) is 9.03. The predicted molar refractivity (Wildman–Crippen MR) is 68.5 cm³/mol. The first-order valence-electron chi connectivity index (χ1n) is 6.40. The van der Waals surface area contributed by atoms with Gasteiger partial charge in [0.25, 0.3) is 0 Å². The van der Waals surface area contributed by atoms with E-state index in [1.165, 1.54) is 6.20 Å². The quantitative estimate of drug-likeness (QED) is 0.820. The lowest BCUT2D eigenvalue weighted by atomic mass is 10.1. The van der Waals surface area contributed by atoms with Crippen LogP contribution in [0.25, 0.3) is 6.08 Å². The van der Waals surface area contributed by atoms with Gasteiger partial charge in [-0.1, -0.05) is 0 Å². The highest BCUT2D eigenvalue weighted by molar-refractivity contribution is 5.54. The first-order valence-corrected chi connectivity index (χ1v) is 6.40. The zero-order valence-corrected chi connectivity index (χ0v) is 11.1. The molecule has 5 heteroatoms. The third-order valence-electron chi connectivity index (χ3n) is 3.37. The SMILES string of the molecule is CC1(C)OC[C@@H](CN2C=Cc3cncc(F)c3C2)O1. The topological polar surface area (TPSA) is 34.6 Å². The first kappa shape index (κ1) is 12.6. The van der Waals surface area contributed by atoms with E-state index in [-0.39, 0.29) is 11.9 Å². The molecule has 1 aromatic rings. The Morgan fingerprint density at radius 2 is 2.32 bits per heavy atom. The Bertz CT molecular complexity index is 516. The van der Waals surface area contributed by atoms with Gasteiger partial charge in [0.2, 0.25) is 0 Å². The number of nitrogens with zero attached hydrogens (tertiary/aromatic N) is 2. The van der Waals surface area contributed by atoms with Crippen LogP contribution in [-0.4, -0.2) is 34.9 Å². The minimum absolute atomic E-state index is 0.0195. The summed E-state index contributed by atoms with van der Waals surface area (Å²) >= 11 is 0. The van der Waals surface area contributed by atoms with Gasteiger partial charge in [-0.25, -0.2) is 4.39 Å². The molecule has 0 spiro atoms. The molecule has 2 aliphatic rings. The van der Waals surface area contributed by atoms with Gasteiger partial charge in [0.15, 0.2) is 5.79 Å². The number of halogens is 1. The summed E-state index contributed by atoms with van der Waals surface area (Å²) in [5.74, 6) is -0.771. The summed E-state index contributed by atoms with van der Waals surface area (Å²) in [4.78, 5) is 5.90. The lowest BCUT2D eigenvalue weighted by Gasteiger charge is -2.27. The van der Waals surface area contributed by atoms with Crippen molar-refractivity contribution in [3.05, 3.63) is 35.5 Å². The van der Waals surface area contributed by atoms with Crippen molar-refractivity contribution in [2.24, 2.45) is 0 Å². The Morgan fingerprint density at radius 3 is 3.05 bits per heavy atom. The van der Waals surface area contributed by atoms with Crippen LogP contribution in [0.3, 0.4) is 0 Å². The highest BCUT2D eigenvalue weighted by Crippen LogP contribution is 2.26. The van der Waals surface area contributed by atoms with Gasteiger partial charge in [0.1, 0.15) is 11.9 Å². The molecule has 1 aromatic heterocycles. The van der Waals surface area contributed by atoms with Crippen molar-refractivity contribution in [3.8, 4) is 0 Å². The van der Waals surface area contributed by atoms with Crippen molar-refractivity contribution in [3.63, 3.8) is 0 Å². The van der Waals surface area contributed by atoms with Gasteiger partial charge in [-0.15, -0.1) is 0 Å². The van der Waals surface area contributed by atoms with Gasteiger partial charge >= 0.3 is 0 Å². The summed E-state index contributed by atoms with van der Waals surface area (Å²) in [6, 6.07) is 0. The Labute approximate surface area is 111 Å². The monoisotopic (exact) mass is 264 g/mol. The molecule has 0 radical (unpaired) electrons. The molecule has 0 aliphatic carbocycles. The number of aromatic nitrogens is 1. The predicted octanol–water partition coefficient (Wildman–Crippen LogP) is 2.16. The molecule has 3 rings (SSSR count). The van der Waals surface area contributed by atoms with Crippen LogP contribution in [-0.2, 0) is 16.0 Å². The van der Waals surface area contributed by atoms with E-state index >= 15 is 0 Å². The summed E-state index contributed by atoms with van der Waals surface area (Å²) < 4.78 is 25.0. The van der Waals surface area contributed by atoms with Gasteiger partial charge in [-0.05, 0) is 19.9 Å². The fraction of sp³-hybridized carbons (Fsp3) is 0.500. The fourth-order valence-electron chi connectivity index (χ4n) is 2.47. The highest BCUT2D eigenvalue weighted by atomic mass is 19.1. The number of hydrogen-bond donors (Lipinski definition) is 0. The van der Waals surface area contributed by atoms with E-state index in [9.17, 15) is 4.39 Å². The number of hydrogen-bond acceptors (Lipinski definition) is 4. The minimum atomic E-state index is -0.517. The Balaban J connectivity index is 1.68. The van der Waals surface area contributed by atoms with Crippen molar-refractivity contribution < 1.29 is 13.9 Å². The van der Waals surface area contributed by atoms with Crippen molar-refractivity contribution in [2.45, 2.75) is 32.3 Å². The molecule has 4 nitrogen and oxygen atoms in total. The van der Waals surface area contributed by atoms with Crippen LogP contribution < -0.4 is 0 Å². The van der Waals surface area contributed by atoms with Crippen LogP contribution in [0.2, 0.25) is 0 Å². The van der Waals surface area contributed by atoms with Gasteiger partial charge in [0, 0.05) is 36.6 Å². The van der Waals surface area contributed by atoms with Crippen molar-refractivity contribution in [1.82, 2.24) is 9.88 Å². The van der Waals surface area contributed by atoms with Crippen molar-refractivity contribution in [1.29, 1.82) is 0 Å². The maximum atomic E-state index is 13.7. The van der Waals surface area contributed by atoms with Crippen molar-refractivity contribution >= 4 is 6.08 Å². The number of pyridine rings is 1. The van der Waals surface area contributed by atoms with E-state index in [2.05, 4.69) is 4.98 Å². The number of fused-ring (bicyclic) bond motifs is 1. The molecule has 0 saturated carbocycles. The standard InChI is InChI=1S/C14H17FN2O2/c1-14(2)18-9-11(19-14)7-17-4-3-10-5-16-6-13(15)12(10)8-17/h3-6,11H,7-9H2,1-2H3/t11-/m1/s1. The summed E-state index contributed by atoms with van der Waals surface area (Å²) in [6.45, 7) is 5.62. The van der Waals surface area contributed by atoms with Crippen LogP contribution in [0.4, 0.5) is 4.39 Å². The zero-order chi connectivity index (χ0) is 13.5. The molecular weight excluding hydrogens is 247 g/mol. The van der Waals surface area contributed by atoms with Crippen LogP contribution in [0.5, 0.6) is 0 Å². The smallest absolute Gasteiger partial charge is 0.163 e. The average Bonchev–Trinajstić information content (AvgIpc) is 2.70. The lowest BCUT2D eigenvalue weighted by molar-refractivity contribution is -0.139. The molecule has 0 N–H and O–H groups in total. The van der Waals surface area contributed by atoms with Crippen LogP contribution in [0, 0.1) is 5.82 Å². The van der Waals surface area contributed by atoms with Crippen molar-refractivity contribution in [2.75, 3.05) is 13.2 Å². The summed E-state index contributed by atoms with van der Waals surface area (Å²) in [6.07, 6.45) is 6.80. The van der Waals surface area contributed by atoms with Crippen LogP contribution >= 0.6 is 0 Å². The molecule has 1 saturated heterocycles. The second kappa shape index (κ2) is 4.58. The minimum Gasteiger partial charge on any atom is -0.370 e. The molecular formula is C14H17FN2O2. The second-order valence-corrected chi connectivity index (χ2v) is 5.38. The third-order valence-corrected chi connectivity index (χ3v) is 3.37. The largest absolute Gasteiger partial charge is 0.370 e. The van der Waals surface area contributed by atoms with Gasteiger partial charge in [0.05, 0.1) is 12.8 Å². The molecule has 1 atom stereocenters. The van der Waals surface area contributed by atoms with E-state index in [1.807, 2.05) is 31.0 Å². The Kier molecular flexibility index (Phi) is 3.03. The molecule has 0 unspecified atom stereocenters. The van der Waals surface area contributed by atoms with E-state index in [0.29, 0.717) is 25.3 Å². The molecule has 1 fully saturated rings. The second-order valence-electron chi connectivity index (χ2n) is 5.38. The molecule has 0 bridgehead atoms. The maximum absolute atomic E-state index is 13.7. The van der Waals surface area contributed by atoms with Gasteiger partial charge in [-0.2, -0.15) is 0 Å². The maximum Gasteiger partial charge on any atom is 0.163 e. The average molecular weight is 264 g/mol. The van der Waals surface area contributed by atoms with E-state index in [1.54, 1.807) is 6.20 Å². The Morgan fingerprint density at radius 1 is 1.47 bits per heavy atom. The molecule has 102 valence electrons. The molecule has 0 aromatic carbocycles. The molecule has 19 heavy (non-hydrogen) atoms. The van der Waals surface area contributed by atoms with E-state index < -0.39 is 5.79 Å². The number of ether oxygens (including phenoxy) is 2. The lowest BCUT2D eigenvalue weighted by Crippen LogP contribution is -2.32. The fourth-order valence-corrected chi connectivity index (χ4v) is 2.47. The summed E-state index contributed by atoms with van der Waals surface area (Å²) in [5.41, 5.74) is 1.54. The van der Waals surface area contributed by atoms with Crippen LogP contribution in [0.1, 0.15) is 25.0 Å². The van der Waals surface area contributed by atoms with Gasteiger partial charge < -0.3 is 14.4 Å². The molecule has 2 aliphatic heterocycles. The normalized spacial score (nSPS) is 24.6. The Hall–Kier alpha value is -1.46. The highest BCUT2D eigenvalue weighted by Gasteiger charge is 2.33. The summed E-state index contributed by atoms with van der Waals surface area (Å²) in [5, 5.41) is 0.